The normalized spacial score (nSPS) is 11.9. The van der Waals surface area contributed by atoms with Crippen molar-refractivity contribution in [2.24, 2.45) is 0 Å². The molecule has 1 atom stereocenters. The number of aliphatic hydroxyl groups is 1. The van der Waals surface area contributed by atoms with Crippen molar-refractivity contribution in [1.82, 2.24) is 15.1 Å². The molecular weight excluding hydrogens is 326 g/mol. The van der Waals surface area contributed by atoms with Crippen molar-refractivity contribution in [2.45, 2.75) is 6.04 Å². The molecule has 0 aliphatic heterocycles. The van der Waals surface area contributed by atoms with Gasteiger partial charge in [0.05, 0.1) is 30.1 Å². The molecule has 0 aliphatic carbocycles. The van der Waals surface area contributed by atoms with Gasteiger partial charge in [-0.3, -0.25) is 4.79 Å². The van der Waals surface area contributed by atoms with E-state index in [1.165, 1.54) is 6.20 Å². The van der Waals surface area contributed by atoms with Crippen molar-refractivity contribution in [3.63, 3.8) is 0 Å². The van der Waals surface area contributed by atoms with Gasteiger partial charge in [0.1, 0.15) is 0 Å². The predicted molar refractivity (Wildman–Crippen MR) is 92.3 cm³/mol. The first kappa shape index (κ1) is 16.2. The van der Waals surface area contributed by atoms with Gasteiger partial charge in [0.2, 0.25) is 0 Å². The molecule has 2 N–H and O–H groups in total. The Balaban J connectivity index is 1.76. The van der Waals surface area contributed by atoms with E-state index >= 15 is 0 Å². The van der Waals surface area contributed by atoms with E-state index in [9.17, 15) is 9.90 Å². The van der Waals surface area contributed by atoms with Crippen molar-refractivity contribution < 1.29 is 9.90 Å². The number of rotatable bonds is 5. The molecule has 1 unspecified atom stereocenters. The van der Waals surface area contributed by atoms with E-state index in [1.54, 1.807) is 23.0 Å². The number of carbonyl (C=O) groups excluding carboxylic acids is 1. The standard InChI is InChI=1S/C18H16ClN3O2/c19-15-7-4-8-16(9-15)22-11-14(10-20-22)18(24)21-17(12-23)13-5-2-1-3-6-13/h1-11,17,23H,12H2,(H,21,24). The molecule has 0 saturated carbocycles. The van der Waals surface area contributed by atoms with Gasteiger partial charge < -0.3 is 10.4 Å². The summed E-state index contributed by atoms with van der Waals surface area (Å²) in [6.07, 6.45) is 3.11. The summed E-state index contributed by atoms with van der Waals surface area (Å²) in [4.78, 5) is 12.4. The van der Waals surface area contributed by atoms with Crippen LogP contribution in [-0.4, -0.2) is 27.4 Å². The lowest BCUT2D eigenvalue weighted by Crippen LogP contribution is -2.30. The molecule has 0 aliphatic rings. The lowest BCUT2D eigenvalue weighted by atomic mass is 10.1. The Morgan fingerprint density at radius 3 is 2.71 bits per heavy atom. The maximum absolute atomic E-state index is 12.4. The number of nitrogens with one attached hydrogen (secondary N) is 1. The number of aliphatic hydroxyl groups excluding tert-OH is 1. The van der Waals surface area contributed by atoms with Gasteiger partial charge in [-0.25, -0.2) is 4.68 Å². The topological polar surface area (TPSA) is 67.2 Å². The van der Waals surface area contributed by atoms with Crippen LogP contribution < -0.4 is 5.32 Å². The summed E-state index contributed by atoms with van der Waals surface area (Å²) in [5.74, 6) is -0.300. The highest BCUT2D eigenvalue weighted by Gasteiger charge is 2.16. The minimum atomic E-state index is -0.465. The Morgan fingerprint density at radius 1 is 1.21 bits per heavy atom. The first-order valence-corrected chi connectivity index (χ1v) is 7.82. The van der Waals surface area contributed by atoms with Crippen LogP contribution in [0.2, 0.25) is 5.02 Å². The second-order valence-corrected chi connectivity index (χ2v) is 5.71. The van der Waals surface area contributed by atoms with Crippen LogP contribution in [-0.2, 0) is 0 Å². The monoisotopic (exact) mass is 341 g/mol. The van der Waals surface area contributed by atoms with Gasteiger partial charge >= 0.3 is 0 Å². The van der Waals surface area contributed by atoms with E-state index in [0.717, 1.165) is 11.3 Å². The molecule has 0 spiro atoms. The van der Waals surface area contributed by atoms with E-state index in [4.69, 9.17) is 11.6 Å². The molecule has 0 bridgehead atoms. The zero-order valence-corrected chi connectivity index (χ0v) is 13.5. The van der Waals surface area contributed by atoms with Crippen molar-refractivity contribution in [3.05, 3.63) is 83.1 Å². The van der Waals surface area contributed by atoms with Crippen LogP contribution in [0.1, 0.15) is 22.0 Å². The van der Waals surface area contributed by atoms with Crippen LogP contribution in [0.25, 0.3) is 5.69 Å². The predicted octanol–water partition coefficient (Wildman–Crippen LogP) is 2.99. The Labute approximate surface area is 144 Å². The van der Waals surface area contributed by atoms with E-state index in [-0.39, 0.29) is 12.5 Å². The zero-order valence-electron chi connectivity index (χ0n) is 12.8. The Bertz CT molecular complexity index is 833. The van der Waals surface area contributed by atoms with Gasteiger partial charge in [-0.05, 0) is 23.8 Å². The number of hydrogen-bond donors (Lipinski definition) is 2. The van der Waals surface area contributed by atoms with Crippen molar-refractivity contribution in [1.29, 1.82) is 0 Å². The molecule has 1 aromatic heterocycles. The minimum Gasteiger partial charge on any atom is -0.394 e. The van der Waals surface area contributed by atoms with E-state index in [2.05, 4.69) is 10.4 Å². The summed E-state index contributed by atoms with van der Waals surface area (Å²) in [6.45, 7) is -0.182. The Kier molecular flexibility index (Phi) is 4.93. The van der Waals surface area contributed by atoms with Gasteiger partial charge in [-0.2, -0.15) is 5.10 Å². The average Bonchev–Trinajstić information content (AvgIpc) is 3.10. The summed E-state index contributed by atoms with van der Waals surface area (Å²) in [6, 6.07) is 16.1. The van der Waals surface area contributed by atoms with Gasteiger partial charge in [-0.15, -0.1) is 0 Å². The summed E-state index contributed by atoms with van der Waals surface area (Å²) >= 11 is 5.97. The number of halogens is 1. The van der Waals surface area contributed by atoms with Gasteiger partial charge in [0, 0.05) is 11.2 Å². The molecule has 0 saturated heterocycles. The number of amides is 1. The molecule has 122 valence electrons. The first-order valence-electron chi connectivity index (χ1n) is 7.44. The third-order valence-corrected chi connectivity index (χ3v) is 3.84. The van der Waals surface area contributed by atoms with E-state index in [0.29, 0.717) is 10.6 Å². The van der Waals surface area contributed by atoms with Crippen molar-refractivity contribution in [3.8, 4) is 5.69 Å². The molecule has 1 amide bonds. The maximum atomic E-state index is 12.4. The molecular formula is C18H16ClN3O2. The molecule has 5 nitrogen and oxygen atoms in total. The van der Waals surface area contributed by atoms with Crippen LogP contribution in [0.15, 0.2) is 67.0 Å². The summed E-state index contributed by atoms with van der Waals surface area (Å²) in [5.41, 5.74) is 2.02. The largest absolute Gasteiger partial charge is 0.394 e. The third kappa shape index (κ3) is 3.64. The van der Waals surface area contributed by atoms with Gasteiger partial charge in [0.15, 0.2) is 0 Å². The number of aromatic nitrogens is 2. The summed E-state index contributed by atoms with van der Waals surface area (Å²) in [7, 11) is 0. The minimum absolute atomic E-state index is 0.182. The number of hydrogen-bond acceptors (Lipinski definition) is 3. The quantitative estimate of drug-likeness (QED) is 0.749. The molecule has 0 radical (unpaired) electrons. The van der Waals surface area contributed by atoms with E-state index < -0.39 is 6.04 Å². The number of nitrogens with zero attached hydrogens (tertiary/aromatic N) is 2. The Hall–Kier alpha value is -2.63. The lowest BCUT2D eigenvalue weighted by molar-refractivity contribution is 0.0916. The highest BCUT2D eigenvalue weighted by molar-refractivity contribution is 6.30. The Morgan fingerprint density at radius 2 is 2.00 bits per heavy atom. The molecule has 3 aromatic rings. The fourth-order valence-electron chi connectivity index (χ4n) is 2.36. The van der Waals surface area contributed by atoms with Crippen molar-refractivity contribution in [2.75, 3.05) is 6.61 Å². The maximum Gasteiger partial charge on any atom is 0.255 e. The zero-order chi connectivity index (χ0) is 16.9. The second-order valence-electron chi connectivity index (χ2n) is 5.27. The molecule has 2 aromatic carbocycles. The van der Waals surface area contributed by atoms with Crippen LogP contribution in [0, 0.1) is 0 Å². The molecule has 1 heterocycles. The summed E-state index contributed by atoms with van der Waals surface area (Å²) in [5, 5.41) is 17.1. The van der Waals surface area contributed by atoms with Gasteiger partial charge in [-0.1, -0.05) is 48.0 Å². The second kappa shape index (κ2) is 7.29. The molecule has 6 heteroatoms. The van der Waals surface area contributed by atoms with Crippen molar-refractivity contribution >= 4 is 17.5 Å². The van der Waals surface area contributed by atoms with Gasteiger partial charge in [0.25, 0.3) is 5.91 Å². The lowest BCUT2D eigenvalue weighted by Gasteiger charge is -2.16. The van der Waals surface area contributed by atoms with Crippen LogP contribution in [0.3, 0.4) is 0 Å². The highest BCUT2D eigenvalue weighted by Crippen LogP contribution is 2.16. The molecule has 3 rings (SSSR count). The highest BCUT2D eigenvalue weighted by atomic mass is 35.5. The van der Waals surface area contributed by atoms with Crippen LogP contribution in [0.5, 0.6) is 0 Å². The fraction of sp³-hybridized carbons (Fsp3) is 0.111. The fourth-order valence-corrected chi connectivity index (χ4v) is 2.55. The van der Waals surface area contributed by atoms with Crippen LogP contribution in [0.4, 0.5) is 0 Å². The molecule has 0 fully saturated rings. The average molecular weight is 342 g/mol. The summed E-state index contributed by atoms with van der Waals surface area (Å²) < 4.78 is 1.58. The SMILES string of the molecule is O=C(NC(CO)c1ccccc1)c1cnn(-c2cccc(Cl)c2)c1. The van der Waals surface area contributed by atoms with E-state index in [1.807, 2.05) is 42.5 Å². The number of benzene rings is 2. The van der Waals surface area contributed by atoms with Crippen LogP contribution >= 0.6 is 11.6 Å². The third-order valence-electron chi connectivity index (χ3n) is 3.61. The smallest absolute Gasteiger partial charge is 0.255 e. The number of carbonyl (C=O) groups is 1. The molecule has 24 heavy (non-hydrogen) atoms. The first-order chi connectivity index (χ1) is 11.7.